The molecular weight excluding hydrogens is 259 g/mol. The molecule has 0 rings (SSSR count). The highest BCUT2D eigenvalue weighted by molar-refractivity contribution is 4.97. The summed E-state index contributed by atoms with van der Waals surface area (Å²) in [4.78, 5) is 0. The SMILES string of the molecule is FCOCC(F)(F)C(F)(F)C(F)(F)C(F)F. The molecule has 0 radical (unpaired) electrons. The van der Waals surface area contributed by atoms with Crippen LogP contribution >= 0.6 is 0 Å². The van der Waals surface area contributed by atoms with Crippen molar-refractivity contribution in [2.75, 3.05) is 13.5 Å². The molecule has 0 saturated heterocycles. The highest BCUT2D eigenvalue weighted by Gasteiger charge is 2.75. The van der Waals surface area contributed by atoms with Gasteiger partial charge in [0.15, 0.2) is 6.86 Å². The van der Waals surface area contributed by atoms with Gasteiger partial charge in [0.1, 0.15) is 6.61 Å². The van der Waals surface area contributed by atoms with Crippen LogP contribution in [-0.4, -0.2) is 37.7 Å². The Kier molecular flexibility index (Phi) is 4.48. The fourth-order valence-corrected chi connectivity index (χ4v) is 0.638. The largest absolute Gasteiger partial charge is 0.380 e. The predicted octanol–water partition coefficient (Wildman–Crippen LogP) is 3.10. The van der Waals surface area contributed by atoms with Gasteiger partial charge < -0.3 is 4.74 Å². The number of ether oxygens (including phenoxy) is 1. The van der Waals surface area contributed by atoms with Crippen LogP contribution in [0.4, 0.5) is 39.5 Å². The molecule has 0 aromatic rings. The molecule has 0 aliphatic rings. The topological polar surface area (TPSA) is 9.23 Å². The number of halogens is 9. The predicted molar refractivity (Wildman–Crippen MR) is 32.8 cm³/mol. The summed E-state index contributed by atoms with van der Waals surface area (Å²) in [5, 5.41) is 0. The van der Waals surface area contributed by atoms with Gasteiger partial charge in [-0.1, -0.05) is 0 Å². The fraction of sp³-hybridized carbons (Fsp3) is 1.00. The highest BCUT2D eigenvalue weighted by atomic mass is 19.4. The lowest BCUT2D eigenvalue weighted by Gasteiger charge is -2.31. The van der Waals surface area contributed by atoms with E-state index in [9.17, 15) is 39.5 Å². The maximum absolute atomic E-state index is 12.4. The molecule has 0 atom stereocenters. The molecule has 16 heavy (non-hydrogen) atoms. The monoisotopic (exact) mass is 264 g/mol. The van der Waals surface area contributed by atoms with E-state index in [1.54, 1.807) is 0 Å². The van der Waals surface area contributed by atoms with Crippen molar-refractivity contribution >= 4 is 0 Å². The smallest absolute Gasteiger partial charge is 0.344 e. The summed E-state index contributed by atoms with van der Waals surface area (Å²) in [7, 11) is 0. The zero-order chi connectivity index (χ0) is 13.2. The van der Waals surface area contributed by atoms with Crippen molar-refractivity contribution < 1.29 is 44.3 Å². The second-order valence-electron chi connectivity index (χ2n) is 2.66. The zero-order valence-corrected chi connectivity index (χ0v) is 7.30. The van der Waals surface area contributed by atoms with Crippen molar-refractivity contribution in [1.82, 2.24) is 0 Å². The molecule has 0 bridgehead atoms. The second-order valence-corrected chi connectivity index (χ2v) is 2.66. The van der Waals surface area contributed by atoms with Crippen LogP contribution in [0.3, 0.4) is 0 Å². The van der Waals surface area contributed by atoms with Crippen LogP contribution in [-0.2, 0) is 4.74 Å². The first-order chi connectivity index (χ1) is 7.00. The summed E-state index contributed by atoms with van der Waals surface area (Å²) in [5.41, 5.74) is 0. The number of alkyl halides is 9. The Balaban J connectivity index is 5.01. The van der Waals surface area contributed by atoms with Gasteiger partial charge in [0, 0.05) is 0 Å². The van der Waals surface area contributed by atoms with E-state index in [1.165, 1.54) is 0 Å². The summed E-state index contributed by atoms with van der Waals surface area (Å²) < 4.78 is 111. The lowest BCUT2D eigenvalue weighted by molar-refractivity contribution is -0.347. The summed E-state index contributed by atoms with van der Waals surface area (Å²) in [6.45, 7) is -4.37. The average molecular weight is 264 g/mol. The molecule has 0 heterocycles. The van der Waals surface area contributed by atoms with Gasteiger partial charge in [0.05, 0.1) is 0 Å². The normalized spacial score (nSPS) is 14.6. The van der Waals surface area contributed by atoms with Gasteiger partial charge in [-0.15, -0.1) is 0 Å². The van der Waals surface area contributed by atoms with Gasteiger partial charge in [-0.3, -0.25) is 0 Å². The summed E-state index contributed by atoms with van der Waals surface area (Å²) in [5.74, 6) is -18.2. The van der Waals surface area contributed by atoms with E-state index < -0.39 is 37.7 Å². The van der Waals surface area contributed by atoms with Crippen LogP contribution in [0.1, 0.15) is 0 Å². The second kappa shape index (κ2) is 4.68. The van der Waals surface area contributed by atoms with Gasteiger partial charge in [-0.2, -0.15) is 26.3 Å². The van der Waals surface area contributed by atoms with E-state index in [-0.39, 0.29) is 0 Å². The molecule has 0 unspecified atom stereocenters. The van der Waals surface area contributed by atoms with Crippen LogP contribution in [0.2, 0.25) is 0 Å². The molecule has 0 aliphatic carbocycles. The first kappa shape index (κ1) is 15.3. The Morgan fingerprint density at radius 1 is 0.938 bits per heavy atom. The molecule has 0 amide bonds. The third kappa shape index (κ3) is 2.53. The van der Waals surface area contributed by atoms with E-state index in [2.05, 4.69) is 4.74 Å². The van der Waals surface area contributed by atoms with Gasteiger partial charge in [-0.05, 0) is 0 Å². The molecule has 10 heteroatoms. The minimum Gasteiger partial charge on any atom is -0.344 e. The molecule has 0 N–H and O–H groups in total. The van der Waals surface area contributed by atoms with Crippen LogP contribution in [0.15, 0.2) is 0 Å². The van der Waals surface area contributed by atoms with Crippen molar-refractivity contribution in [2.45, 2.75) is 24.2 Å². The fourth-order valence-electron chi connectivity index (χ4n) is 0.638. The zero-order valence-electron chi connectivity index (χ0n) is 7.30. The van der Waals surface area contributed by atoms with Gasteiger partial charge >= 0.3 is 24.2 Å². The maximum atomic E-state index is 12.4. The van der Waals surface area contributed by atoms with E-state index in [0.29, 0.717) is 0 Å². The molecular formula is C6H5F9O. The molecule has 0 aromatic carbocycles. The van der Waals surface area contributed by atoms with Crippen molar-refractivity contribution in [3.8, 4) is 0 Å². The first-order valence-electron chi connectivity index (χ1n) is 3.56. The quantitative estimate of drug-likeness (QED) is 0.670. The van der Waals surface area contributed by atoms with Gasteiger partial charge in [-0.25, -0.2) is 13.2 Å². The van der Waals surface area contributed by atoms with Crippen LogP contribution in [0.5, 0.6) is 0 Å². The summed E-state index contributed by atoms with van der Waals surface area (Å²) >= 11 is 0. The Morgan fingerprint density at radius 2 is 1.38 bits per heavy atom. The lowest BCUT2D eigenvalue weighted by Crippen LogP contribution is -2.59. The minimum absolute atomic E-state index is 1.94. The number of rotatable bonds is 6. The molecule has 0 spiro atoms. The van der Waals surface area contributed by atoms with Crippen molar-refractivity contribution in [2.24, 2.45) is 0 Å². The van der Waals surface area contributed by atoms with Crippen LogP contribution in [0.25, 0.3) is 0 Å². The lowest BCUT2D eigenvalue weighted by atomic mass is 10.1. The Bertz CT molecular complexity index is 226. The van der Waals surface area contributed by atoms with Gasteiger partial charge in [0.2, 0.25) is 0 Å². The van der Waals surface area contributed by atoms with Crippen LogP contribution < -0.4 is 0 Å². The third-order valence-electron chi connectivity index (χ3n) is 1.51. The highest BCUT2D eigenvalue weighted by Crippen LogP contribution is 2.48. The average Bonchev–Trinajstić information content (AvgIpc) is 2.13. The van der Waals surface area contributed by atoms with Crippen LogP contribution in [0, 0.1) is 0 Å². The summed E-state index contributed by atoms with van der Waals surface area (Å²) in [6, 6.07) is 0. The van der Waals surface area contributed by atoms with Crippen molar-refractivity contribution in [3.63, 3.8) is 0 Å². The molecule has 1 nitrogen and oxygen atoms in total. The summed E-state index contributed by atoms with van der Waals surface area (Å²) in [6.07, 6.45) is -4.99. The van der Waals surface area contributed by atoms with E-state index >= 15 is 0 Å². The standard InChI is InChI=1S/C6H5F9O/c7-2-16-1-4(10,11)6(14,15)5(12,13)3(8)9/h3H,1-2H2. The Morgan fingerprint density at radius 3 is 1.69 bits per heavy atom. The molecule has 98 valence electrons. The molecule has 0 fully saturated rings. The van der Waals surface area contributed by atoms with Crippen molar-refractivity contribution in [3.05, 3.63) is 0 Å². The number of hydrogen-bond acceptors (Lipinski definition) is 1. The molecule has 0 saturated carbocycles. The first-order valence-corrected chi connectivity index (χ1v) is 3.56. The Labute approximate surface area is 83.2 Å². The Hall–Kier alpha value is -0.670. The minimum atomic E-state index is -6.34. The van der Waals surface area contributed by atoms with E-state index in [1.807, 2.05) is 0 Å². The van der Waals surface area contributed by atoms with E-state index in [0.717, 1.165) is 0 Å². The van der Waals surface area contributed by atoms with Gasteiger partial charge in [0.25, 0.3) is 0 Å². The maximum Gasteiger partial charge on any atom is 0.380 e. The third-order valence-corrected chi connectivity index (χ3v) is 1.51. The number of hydrogen-bond donors (Lipinski definition) is 0. The molecule has 0 aromatic heterocycles. The van der Waals surface area contributed by atoms with E-state index in [4.69, 9.17) is 0 Å². The molecule has 0 aliphatic heterocycles. The van der Waals surface area contributed by atoms with Crippen molar-refractivity contribution in [1.29, 1.82) is 0 Å².